The van der Waals surface area contributed by atoms with E-state index in [1.54, 1.807) is 6.07 Å². The molecule has 2 aromatic rings. The molecule has 0 unspecified atom stereocenters. The lowest BCUT2D eigenvalue weighted by atomic mass is 10.2. The van der Waals surface area contributed by atoms with E-state index in [0.717, 1.165) is 26.4 Å². The highest BCUT2D eigenvalue weighted by Gasteiger charge is 2.09. The van der Waals surface area contributed by atoms with Gasteiger partial charge in [-0.25, -0.2) is 4.39 Å². The molecule has 4 heteroatoms. The molecular weight excluding hydrogens is 221 g/mol. The van der Waals surface area contributed by atoms with Gasteiger partial charge in [-0.1, -0.05) is 11.6 Å². The minimum absolute atomic E-state index is 0.227. The number of thiophene rings is 1. The average molecular weight is 230 g/mol. The van der Waals surface area contributed by atoms with E-state index in [1.807, 2.05) is 0 Å². The summed E-state index contributed by atoms with van der Waals surface area (Å²) >= 11 is 7.63. The molecule has 0 amide bonds. The van der Waals surface area contributed by atoms with Crippen molar-refractivity contribution in [2.24, 2.45) is 5.73 Å². The first kappa shape index (κ1) is 9.90. The molecule has 0 aliphatic carbocycles. The Morgan fingerprint density at radius 3 is 2.93 bits per heavy atom. The van der Waals surface area contributed by atoms with Crippen molar-refractivity contribution in [3.8, 4) is 0 Å². The number of rotatable bonds is 2. The molecule has 0 atom stereocenters. The first-order valence-electron chi connectivity index (χ1n) is 4.29. The van der Waals surface area contributed by atoms with Gasteiger partial charge in [-0.3, -0.25) is 0 Å². The molecule has 74 valence electrons. The van der Waals surface area contributed by atoms with Crippen molar-refractivity contribution in [3.63, 3.8) is 0 Å². The highest BCUT2D eigenvalue weighted by Crippen LogP contribution is 2.35. The monoisotopic (exact) mass is 229 g/mol. The molecule has 0 radical (unpaired) electrons. The van der Waals surface area contributed by atoms with Crippen LogP contribution in [0.1, 0.15) is 4.88 Å². The standard InChI is InChI=1S/C10H9ClFNS/c11-10-7-2-1-6(12)5-9(7)14-8(10)3-4-13/h1-2,5H,3-4,13H2. The molecule has 2 N–H and O–H groups in total. The maximum absolute atomic E-state index is 12.9. The first-order valence-corrected chi connectivity index (χ1v) is 5.48. The predicted molar refractivity (Wildman–Crippen MR) is 59.6 cm³/mol. The van der Waals surface area contributed by atoms with E-state index in [1.165, 1.54) is 23.5 Å². The topological polar surface area (TPSA) is 26.0 Å². The molecule has 0 aliphatic rings. The summed E-state index contributed by atoms with van der Waals surface area (Å²) in [5, 5.41) is 1.64. The number of fused-ring (bicyclic) bond motifs is 1. The molecule has 1 aromatic carbocycles. The fourth-order valence-corrected chi connectivity index (χ4v) is 2.95. The molecule has 0 spiro atoms. The Kier molecular flexibility index (Phi) is 2.72. The normalized spacial score (nSPS) is 11.1. The lowest BCUT2D eigenvalue weighted by molar-refractivity contribution is 0.630. The summed E-state index contributed by atoms with van der Waals surface area (Å²) in [6.07, 6.45) is 0.750. The van der Waals surface area contributed by atoms with Gasteiger partial charge in [-0.05, 0) is 31.2 Å². The van der Waals surface area contributed by atoms with Crippen LogP contribution < -0.4 is 5.73 Å². The Bertz CT molecular complexity index is 466. The van der Waals surface area contributed by atoms with Gasteiger partial charge in [0, 0.05) is 15.0 Å². The van der Waals surface area contributed by atoms with E-state index in [9.17, 15) is 4.39 Å². The van der Waals surface area contributed by atoms with Gasteiger partial charge in [0.15, 0.2) is 0 Å². The third kappa shape index (κ3) is 1.63. The van der Waals surface area contributed by atoms with Crippen LogP contribution in [0.3, 0.4) is 0 Å². The van der Waals surface area contributed by atoms with E-state index in [4.69, 9.17) is 17.3 Å². The van der Waals surface area contributed by atoms with Gasteiger partial charge in [-0.2, -0.15) is 0 Å². The lowest BCUT2D eigenvalue weighted by Gasteiger charge is -1.92. The molecule has 0 saturated heterocycles. The van der Waals surface area contributed by atoms with Crippen LogP contribution in [0.2, 0.25) is 5.02 Å². The molecule has 14 heavy (non-hydrogen) atoms. The van der Waals surface area contributed by atoms with E-state index >= 15 is 0 Å². The number of nitrogens with two attached hydrogens (primary N) is 1. The highest BCUT2D eigenvalue weighted by molar-refractivity contribution is 7.19. The van der Waals surface area contributed by atoms with Gasteiger partial charge in [0.05, 0.1) is 5.02 Å². The predicted octanol–water partition coefficient (Wildman–Crippen LogP) is 3.20. The lowest BCUT2D eigenvalue weighted by Crippen LogP contribution is -2.01. The second kappa shape index (κ2) is 3.85. The van der Waals surface area contributed by atoms with Gasteiger partial charge in [0.2, 0.25) is 0 Å². The molecule has 0 saturated carbocycles. The zero-order valence-corrected chi connectivity index (χ0v) is 8.96. The molecule has 1 nitrogen and oxygen atoms in total. The van der Waals surface area contributed by atoms with Gasteiger partial charge >= 0.3 is 0 Å². The summed E-state index contributed by atoms with van der Waals surface area (Å²) in [6, 6.07) is 4.64. The molecular formula is C10H9ClFNS. The van der Waals surface area contributed by atoms with Crippen LogP contribution in [-0.2, 0) is 6.42 Å². The molecule has 0 aliphatic heterocycles. The van der Waals surface area contributed by atoms with E-state index in [0.29, 0.717) is 6.54 Å². The zero-order valence-electron chi connectivity index (χ0n) is 7.39. The number of halogens is 2. The van der Waals surface area contributed by atoms with Crippen molar-refractivity contribution in [1.82, 2.24) is 0 Å². The summed E-state index contributed by atoms with van der Waals surface area (Å²) in [4.78, 5) is 1.04. The van der Waals surface area contributed by atoms with Crippen molar-refractivity contribution < 1.29 is 4.39 Å². The van der Waals surface area contributed by atoms with Crippen LogP contribution in [0.15, 0.2) is 18.2 Å². The minimum atomic E-state index is -0.227. The zero-order chi connectivity index (χ0) is 10.1. The molecule has 1 aromatic heterocycles. The van der Waals surface area contributed by atoms with Crippen molar-refractivity contribution in [1.29, 1.82) is 0 Å². The van der Waals surface area contributed by atoms with Gasteiger partial charge in [0.25, 0.3) is 0 Å². The van der Waals surface area contributed by atoms with Gasteiger partial charge in [-0.15, -0.1) is 11.3 Å². The smallest absolute Gasteiger partial charge is 0.124 e. The summed E-state index contributed by atoms with van der Waals surface area (Å²) in [6.45, 7) is 0.565. The largest absolute Gasteiger partial charge is 0.330 e. The van der Waals surface area contributed by atoms with Crippen LogP contribution in [0.25, 0.3) is 10.1 Å². The number of hydrogen-bond donors (Lipinski definition) is 1. The van der Waals surface area contributed by atoms with Crippen LogP contribution >= 0.6 is 22.9 Å². The Hall–Kier alpha value is -0.640. The second-order valence-electron chi connectivity index (χ2n) is 3.02. The first-order chi connectivity index (χ1) is 6.72. The summed E-state index contributed by atoms with van der Waals surface area (Å²) in [5.74, 6) is -0.227. The van der Waals surface area contributed by atoms with Crippen LogP contribution in [0.4, 0.5) is 4.39 Å². The highest BCUT2D eigenvalue weighted by atomic mass is 35.5. The van der Waals surface area contributed by atoms with Crippen LogP contribution in [-0.4, -0.2) is 6.54 Å². The van der Waals surface area contributed by atoms with E-state index in [-0.39, 0.29) is 5.82 Å². The van der Waals surface area contributed by atoms with E-state index in [2.05, 4.69) is 0 Å². The molecule has 0 bridgehead atoms. The third-order valence-electron chi connectivity index (χ3n) is 2.03. The molecule has 0 fully saturated rings. The Morgan fingerprint density at radius 1 is 1.43 bits per heavy atom. The third-order valence-corrected chi connectivity index (χ3v) is 3.79. The average Bonchev–Trinajstić information content (AvgIpc) is 2.44. The number of benzene rings is 1. The molecule has 1 heterocycles. The van der Waals surface area contributed by atoms with Crippen LogP contribution in [0, 0.1) is 5.82 Å². The Balaban J connectivity index is 2.61. The van der Waals surface area contributed by atoms with Crippen LogP contribution in [0.5, 0.6) is 0 Å². The van der Waals surface area contributed by atoms with Crippen molar-refractivity contribution in [3.05, 3.63) is 33.9 Å². The Labute approximate surface area is 90.3 Å². The number of hydrogen-bond acceptors (Lipinski definition) is 2. The fraction of sp³-hybridized carbons (Fsp3) is 0.200. The second-order valence-corrected chi connectivity index (χ2v) is 4.53. The SMILES string of the molecule is NCCc1sc2cc(F)ccc2c1Cl. The molecule has 2 rings (SSSR count). The maximum Gasteiger partial charge on any atom is 0.124 e. The summed E-state index contributed by atoms with van der Waals surface area (Å²) in [7, 11) is 0. The minimum Gasteiger partial charge on any atom is -0.330 e. The Morgan fingerprint density at radius 2 is 2.21 bits per heavy atom. The van der Waals surface area contributed by atoms with E-state index < -0.39 is 0 Å². The van der Waals surface area contributed by atoms with Crippen molar-refractivity contribution in [2.75, 3.05) is 6.54 Å². The van der Waals surface area contributed by atoms with Gasteiger partial charge < -0.3 is 5.73 Å². The quantitative estimate of drug-likeness (QED) is 0.841. The summed E-state index contributed by atoms with van der Waals surface area (Å²) in [5.41, 5.74) is 5.46. The van der Waals surface area contributed by atoms with Crippen molar-refractivity contribution in [2.45, 2.75) is 6.42 Å². The maximum atomic E-state index is 12.9. The van der Waals surface area contributed by atoms with Crippen molar-refractivity contribution >= 4 is 33.0 Å². The summed E-state index contributed by atoms with van der Waals surface area (Å²) < 4.78 is 13.8. The fourth-order valence-electron chi connectivity index (χ4n) is 1.38. The van der Waals surface area contributed by atoms with Gasteiger partial charge in [0.1, 0.15) is 5.82 Å².